The maximum Gasteiger partial charge on any atom is 0.260 e. The monoisotopic (exact) mass is 300 g/mol. The van der Waals surface area contributed by atoms with Gasteiger partial charge in [0.1, 0.15) is 0 Å². The van der Waals surface area contributed by atoms with E-state index in [2.05, 4.69) is 10.3 Å². The Morgan fingerprint density at radius 3 is 2.53 bits per heavy atom. The molecule has 0 atom stereocenters. The minimum absolute atomic E-state index is 0.0190. The first-order valence-electron chi connectivity index (χ1n) is 5.09. The highest BCUT2D eigenvalue weighted by Gasteiger charge is 2.14. The van der Waals surface area contributed by atoms with Crippen LogP contribution in [0.1, 0.15) is 10.4 Å². The number of hydrogen-bond acceptors (Lipinski definition) is 3. The lowest BCUT2D eigenvalue weighted by atomic mass is 10.2. The zero-order chi connectivity index (χ0) is 14.0. The number of aromatic nitrogens is 1. The quantitative estimate of drug-likeness (QED) is 0.659. The zero-order valence-electron chi connectivity index (χ0n) is 9.32. The maximum atomic E-state index is 13.3. The van der Waals surface area contributed by atoms with E-state index >= 15 is 0 Å². The number of rotatable bonds is 2. The molecular weight excluding hydrogens is 294 g/mol. The molecule has 98 valence electrons. The van der Waals surface area contributed by atoms with E-state index in [9.17, 15) is 14.3 Å². The van der Waals surface area contributed by atoms with Crippen LogP contribution in [0.15, 0.2) is 30.5 Å². The maximum absolute atomic E-state index is 13.3. The number of benzene rings is 1. The van der Waals surface area contributed by atoms with Gasteiger partial charge in [0.25, 0.3) is 5.91 Å². The van der Waals surface area contributed by atoms with Crippen LogP contribution in [0, 0.1) is 5.95 Å². The van der Waals surface area contributed by atoms with Crippen molar-refractivity contribution >= 4 is 34.8 Å². The zero-order valence-corrected chi connectivity index (χ0v) is 10.8. The highest BCUT2D eigenvalue weighted by Crippen LogP contribution is 2.34. The van der Waals surface area contributed by atoms with Crippen molar-refractivity contribution < 1.29 is 14.3 Å². The van der Waals surface area contributed by atoms with Crippen molar-refractivity contribution in [3.8, 4) is 5.75 Å². The molecule has 0 bridgehead atoms. The van der Waals surface area contributed by atoms with Gasteiger partial charge in [-0.25, -0.2) is 4.98 Å². The number of anilines is 1. The molecule has 0 aliphatic carbocycles. The number of nitrogens with zero attached hydrogens (tertiary/aromatic N) is 1. The van der Waals surface area contributed by atoms with Crippen LogP contribution in [0.4, 0.5) is 10.1 Å². The van der Waals surface area contributed by atoms with E-state index in [1.807, 2.05) is 0 Å². The van der Waals surface area contributed by atoms with Crippen molar-refractivity contribution in [2.24, 2.45) is 0 Å². The summed E-state index contributed by atoms with van der Waals surface area (Å²) in [6.07, 6.45) is 1.24. The Hall–Kier alpha value is -1.85. The molecule has 0 radical (unpaired) electrons. The summed E-state index contributed by atoms with van der Waals surface area (Å²) >= 11 is 11.4. The Bertz CT molecular complexity index is 626. The van der Waals surface area contributed by atoms with E-state index in [-0.39, 0.29) is 27.0 Å². The lowest BCUT2D eigenvalue weighted by Crippen LogP contribution is -2.14. The number of carbonyl (C=O) groups is 1. The van der Waals surface area contributed by atoms with Crippen LogP contribution in [0.2, 0.25) is 10.0 Å². The van der Waals surface area contributed by atoms with Crippen LogP contribution < -0.4 is 5.32 Å². The Morgan fingerprint density at radius 1 is 1.32 bits per heavy atom. The first kappa shape index (κ1) is 13.6. The molecule has 0 spiro atoms. The summed E-state index contributed by atoms with van der Waals surface area (Å²) in [5.74, 6) is -1.85. The number of phenols is 1. The second-order valence-electron chi connectivity index (χ2n) is 3.58. The summed E-state index contributed by atoms with van der Waals surface area (Å²) < 4.78 is 13.3. The molecule has 1 aromatic carbocycles. The van der Waals surface area contributed by atoms with Gasteiger partial charge in [0.15, 0.2) is 5.75 Å². The first-order chi connectivity index (χ1) is 8.99. The summed E-state index contributed by atoms with van der Waals surface area (Å²) in [5, 5.41) is 11.8. The number of carbonyl (C=O) groups excluding carboxylic acids is 1. The molecule has 1 aromatic heterocycles. The van der Waals surface area contributed by atoms with E-state index in [0.717, 1.165) is 0 Å². The van der Waals surface area contributed by atoms with Gasteiger partial charge < -0.3 is 10.4 Å². The Kier molecular flexibility index (Phi) is 3.87. The van der Waals surface area contributed by atoms with Gasteiger partial charge in [0, 0.05) is 11.9 Å². The molecule has 1 heterocycles. The van der Waals surface area contributed by atoms with Crippen molar-refractivity contribution in [1.29, 1.82) is 0 Å². The minimum atomic E-state index is -0.879. The summed E-state index contributed by atoms with van der Waals surface area (Å²) in [5.41, 5.74) is 0.0314. The number of phenolic OH excluding ortho intramolecular Hbond substituents is 1. The topological polar surface area (TPSA) is 62.2 Å². The fourth-order valence-electron chi connectivity index (χ4n) is 1.39. The van der Waals surface area contributed by atoms with E-state index in [1.165, 1.54) is 30.5 Å². The van der Waals surface area contributed by atoms with Crippen molar-refractivity contribution in [2.45, 2.75) is 0 Å². The molecule has 0 saturated carbocycles. The first-order valence-corrected chi connectivity index (χ1v) is 5.84. The number of nitrogens with one attached hydrogen (secondary N) is 1. The average Bonchev–Trinajstić information content (AvgIpc) is 2.36. The van der Waals surface area contributed by atoms with Gasteiger partial charge in [0.05, 0.1) is 15.6 Å². The second kappa shape index (κ2) is 5.42. The van der Waals surface area contributed by atoms with Crippen molar-refractivity contribution in [3.63, 3.8) is 0 Å². The lowest BCUT2D eigenvalue weighted by molar-refractivity contribution is 0.102. The number of hydrogen-bond donors (Lipinski definition) is 2. The Morgan fingerprint density at radius 2 is 1.95 bits per heavy atom. The number of halogens is 3. The largest absolute Gasteiger partial charge is 0.505 e. The van der Waals surface area contributed by atoms with Gasteiger partial charge >= 0.3 is 0 Å². The van der Waals surface area contributed by atoms with Crippen LogP contribution in [-0.2, 0) is 0 Å². The number of amides is 1. The van der Waals surface area contributed by atoms with Crippen LogP contribution >= 0.6 is 23.2 Å². The number of pyridine rings is 1. The SMILES string of the molecule is O=C(Nc1cc(Cl)c(O)c(Cl)c1)c1cccnc1F. The average molecular weight is 301 g/mol. The van der Waals surface area contributed by atoms with Gasteiger partial charge in [-0.3, -0.25) is 4.79 Å². The third kappa shape index (κ3) is 2.94. The summed E-state index contributed by atoms with van der Waals surface area (Å²) in [4.78, 5) is 15.2. The van der Waals surface area contributed by atoms with Crippen LogP contribution in [0.25, 0.3) is 0 Å². The predicted octanol–water partition coefficient (Wildman–Crippen LogP) is 3.49. The summed E-state index contributed by atoms with van der Waals surface area (Å²) in [6, 6.07) is 5.33. The highest BCUT2D eigenvalue weighted by atomic mass is 35.5. The van der Waals surface area contributed by atoms with E-state index < -0.39 is 11.9 Å². The molecular formula is C12H7Cl2FN2O2. The van der Waals surface area contributed by atoms with Gasteiger partial charge in [-0.05, 0) is 24.3 Å². The molecule has 19 heavy (non-hydrogen) atoms. The molecule has 0 aliphatic heterocycles. The summed E-state index contributed by atoms with van der Waals surface area (Å²) in [6.45, 7) is 0. The third-order valence-electron chi connectivity index (χ3n) is 2.28. The third-order valence-corrected chi connectivity index (χ3v) is 2.85. The molecule has 0 unspecified atom stereocenters. The van der Waals surface area contributed by atoms with Crippen molar-refractivity contribution in [1.82, 2.24) is 4.98 Å². The van der Waals surface area contributed by atoms with E-state index in [0.29, 0.717) is 0 Å². The normalized spacial score (nSPS) is 10.3. The van der Waals surface area contributed by atoms with Gasteiger partial charge in [-0.2, -0.15) is 4.39 Å². The molecule has 7 heteroatoms. The smallest absolute Gasteiger partial charge is 0.260 e. The second-order valence-corrected chi connectivity index (χ2v) is 4.40. The van der Waals surface area contributed by atoms with Crippen molar-refractivity contribution in [3.05, 3.63) is 52.0 Å². The molecule has 2 rings (SSSR count). The van der Waals surface area contributed by atoms with Gasteiger partial charge in [0.2, 0.25) is 5.95 Å². The molecule has 1 amide bonds. The highest BCUT2D eigenvalue weighted by molar-refractivity contribution is 6.37. The Labute approximate surface area is 117 Å². The number of aromatic hydroxyl groups is 1. The molecule has 2 N–H and O–H groups in total. The molecule has 4 nitrogen and oxygen atoms in total. The fraction of sp³-hybridized carbons (Fsp3) is 0. The van der Waals surface area contributed by atoms with Crippen LogP contribution in [0.3, 0.4) is 0 Å². The summed E-state index contributed by atoms with van der Waals surface area (Å²) in [7, 11) is 0. The standard InChI is InChI=1S/C12H7Cl2FN2O2/c13-8-4-6(5-9(14)10(8)18)17-12(19)7-2-1-3-16-11(7)15/h1-5,18H,(H,17,19). The van der Waals surface area contributed by atoms with Crippen molar-refractivity contribution in [2.75, 3.05) is 5.32 Å². The van der Waals surface area contributed by atoms with Crippen LogP contribution in [-0.4, -0.2) is 16.0 Å². The Balaban J connectivity index is 2.27. The molecule has 2 aromatic rings. The van der Waals surface area contributed by atoms with E-state index in [1.54, 1.807) is 0 Å². The lowest BCUT2D eigenvalue weighted by Gasteiger charge is -2.08. The van der Waals surface area contributed by atoms with Gasteiger partial charge in [-0.1, -0.05) is 23.2 Å². The fourth-order valence-corrected chi connectivity index (χ4v) is 1.88. The van der Waals surface area contributed by atoms with E-state index in [4.69, 9.17) is 23.2 Å². The van der Waals surface area contributed by atoms with Crippen LogP contribution in [0.5, 0.6) is 5.75 Å². The van der Waals surface area contributed by atoms with Gasteiger partial charge in [-0.15, -0.1) is 0 Å². The minimum Gasteiger partial charge on any atom is -0.505 e. The predicted molar refractivity (Wildman–Crippen MR) is 70.3 cm³/mol. The molecule has 0 aliphatic rings. The molecule has 0 fully saturated rings. The molecule has 0 saturated heterocycles.